The summed E-state index contributed by atoms with van der Waals surface area (Å²) in [5.41, 5.74) is 0.742. The Bertz CT molecular complexity index is 437. The molecule has 1 aromatic rings. The van der Waals surface area contributed by atoms with E-state index in [0.717, 1.165) is 24.9 Å². The van der Waals surface area contributed by atoms with Crippen LogP contribution in [0, 0.1) is 5.92 Å². The number of carbonyl (C=O) groups is 1. The summed E-state index contributed by atoms with van der Waals surface area (Å²) in [5, 5.41) is 0.665. The van der Waals surface area contributed by atoms with Crippen molar-refractivity contribution >= 4 is 17.4 Å². The molecule has 0 saturated carbocycles. The highest BCUT2D eigenvalue weighted by Gasteiger charge is 2.27. The third kappa shape index (κ3) is 5.12. The van der Waals surface area contributed by atoms with Crippen molar-refractivity contribution in [1.82, 2.24) is 4.90 Å². The number of rotatable bonds is 8. The summed E-state index contributed by atoms with van der Waals surface area (Å²) in [7, 11) is 0. The molecule has 0 spiro atoms. The van der Waals surface area contributed by atoms with E-state index in [1.165, 1.54) is 0 Å². The van der Waals surface area contributed by atoms with E-state index >= 15 is 0 Å². The Balaban J connectivity index is 2.95. The summed E-state index contributed by atoms with van der Waals surface area (Å²) in [4.78, 5) is 15.1. The lowest BCUT2D eigenvalue weighted by molar-refractivity contribution is 0.0711. The number of ketones is 1. The van der Waals surface area contributed by atoms with Gasteiger partial charge in [-0.05, 0) is 49.9 Å². The van der Waals surface area contributed by atoms with Gasteiger partial charge in [-0.1, -0.05) is 39.3 Å². The lowest BCUT2D eigenvalue weighted by Gasteiger charge is -2.36. The fraction of sp³-hybridized carbons (Fsp3) is 0.611. The van der Waals surface area contributed by atoms with Crippen LogP contribution in [0.2, 0.25) is 5.02 Å². The van der Waals surface area contributed by atoms with E-state index in [4.69, 9.17) is 11.6 Å². The fourth-order valence-electron chi connectivity index (χ4n) is 2.81. The van der Waals surface area contributed by atoms with E-state index in [-0.39, 0.29) is 11.8 Å². The molecule has 0 N–H and O–H groups in total. The first-order valence-electron chi connectivity index (χ1n) is 7.96. The van der Waals surface area contributed by atoms with Gasteiger partial charge in [-0.2, -0.15) is 0 Å². The monoisotopic (exact) mass is 309 g/mol. The van der Waals surface area contributed by atoms with Crippen LogP contribution in [0.1, 0.15) is 57.8 Å². The van der Waals surface area contributed by atoms with Crippen LogP contribution in [0.3, 0.4) is 0 Å². The van der Waals surface area contributed by atoms with Gasteiger partial charge >= 0.3 is 0 Å². The van der Waals surface area contributed by atoms with Gasteiger partial charge in [0.05, 0.1) is 6.04 Å². The van der Waals surface area contributed by atoms with Crippen molar-refractivity contribution in [2.45, 2.75) is 59.5 Å². The Morgan fingerprint density at radius 3 is 2.05 bits per heavy atom. The lowest BCUT2D eigenvalue weighted by atomic mass is 9.99. The van der Waals surface area contributed by atoms with E-state index in [1.807, 2.05) is 19.1 Å². The van der Waals surface area contributed by atoms with E-state index in [1.54, 1.807) is 12.1 Å². The van der Waals surface area contributed by atoms with Crippen molar-refractivity contribution in [3.8, 4) is 0 Å². The minimum absolute atomic E-state index is 0.0986. The van der Waals surface area contributed by atoms with Gasteiger partial charge in [0.15, 0.2) is 5.78 Å². The molecule has 3 heteroatoms. The minimum atomic E-state index is -0.0986. The highest BCUT2D eigenvalue weighted by Crippen LogP contribution is 2.19. The van der Waals surface area contributed by atoms with E-state index in [9.17, 15) is 4.79 Å². The normalized spacial score (nSPS) is 13.2. The zero-order valence-corrected chi connectivity index (χ0v) is 14.7. The molecule has 0 amide bonds. The molecule has 0 aliphatic heterocycles. The Labute approximate surface area is 134 Å². The summed E-state index contributed by atoms with van der Waals surface area (Å²) >= 11 is 5.90. The van der Waals surface area contributed by atoms with Crippen LogP contribution in [0.25, 0.3) is 0 Å². The molecule has 21 heavy (non-hydrogen) atoms. The summed E-state index contributed by atoms with van der Waals surface area (Å²) in [5.74, 6) is 0.727. The first kappa shape index (κ1) is 18.2. The second kappa shape index (κ2) is 8.55. The summed E-state index contributed by atoms with van der Waals surface area (Å²) in [6, 6.07) is 7.57. The average Bonchev–Trinajstić information content (AvgIpc) is 2.46. The van der Waals surface area contributed by atoms with Gasteiger partial charge in [0.2, 0.25) is 0 Å². The predicted molar refractivity (Wildman–Crippen MR) is 91.2 cm³/mol. The molecule has 1 rings (SSSR count). The predicted octanol–water partition coefficient (Wildman–Crippen LogP) is 5.06. The van der Waals surface area contributed by atoms with E-state index < -0.39 is 0 Å². The van der Waals surface area contributed by atoms with Crippen LogP contribution >= 0.6 is 11.6 Å². The van der Waals surface area contributed by atoms with Gasteiger partial charge in [0.1, 0.15) is 0 Å². The van der Waals surface area contributed by atoms with Gasteiger partial charge in [0, 0.05) is 23.2 Å². The van der Waals surface area contributed by atoms with Crippen LogP contribution in [-0.4, -0.2) is 29.3 Å². The number of Topliss-reactive ketones (excluding diaryl/α,β-unsaturated/α-hetero) is 1. The third-order valence-corrected chi connectivity index (χ3v) is 4.25. The molecular formula is C18H28ClNO. The molecule has 0 aliphatic rings. The van der Waals surface area contributed by atoms with E-state index in [0.29, 0.717) is 17.0 Å². The highest BCUT2D eigenvalue weighted by molar-refractivity contribution is 6.30. The first-order valence-corrected chi connectivity index (χ1v) is 8.33. The topological polar surface area (TPSA) is 20.3 Å². The van der Waals surface area contributed by atoms with Crippen molar-refractivity contribution in [2.24, 2.45) is 5.92 Å². The molecular weight excluding hydrogens is 282 g/mol. The fourth-order valence-corrected chi connectivity index (χ4v) is 2.93. The number of carbonyl (C=O) groups excluding carboxylic acids is 1. The Morgan fingerprint density at radius 2 is 1.62 bits per heavy atom. The average molecular weight is 310 g/mol. The van der Waals surface area contributed by atoms with Crippen LogP contribution < -0.4 is 0 Å². The van der Waals surface area contributed by atoms with Crippen LogP contribution in [-0.2, 0) is 0 Å². The molecule has 0 aliphatic carbocycles. The maximum atomic E-state index is 12.7. The molecule has 118 valence electrons. The molecule has 0 fully saturated rings. The van der Waals surface area contributed by atoms with Gasteiger partial charge in [-0.25, -0.2) is 0 Å². The smallest absolute Gasteiger partial charge is 0.179 e. The standard InChI is InChI=1S/C18H28ClNO/c1-6-17(7-2)20(12-13(3)4)14(5)18(21)15-8-10-16(19)11-9-15/h8-11,13-14,17H,6-7,12H2,1-5H3. The van der Waals surface area contributed by atoms with Crippen molar-refractivity contribution in [2.75, 3.05) is 6.54 Å². The largest absolute Gasteiger partial charge is 0.292 e. The number of benzene rings is 1. The van der Waals surface area contributed by atoms with Gasteiger partial charge in [-0.15, -0.1) is 0 Å². The van der Waals surface area contributed by atoms with Gasteiger partial charge < -0.3 is 0 Å². The molecule has 0 heterocycles. The summed E-state index contributed by atoms with van der Waals surface area (Å²) in [6.45, 7) is 11.8. The third-order valence-electron chi connectivity index (χ3n) is 3.99. The van der Waals surface area contributed by atoms with E-state index in [2.05, 4.69) is 32.6 Å². The first-order chi connectivity index (χ1) is 9.90. The zero-order valence-electron chi connectivity index (χ0n) is 13.9. The Hall–Kier alpha value is -0.860. The Kier molecular flexibility index (Phi) is 7.41. The van der Waals surface area contributed by atoms with Crippen molar-refractivity contribution in [1.29, 1.82) is 0 Å². The molecule has 0 radical (unpaired) electrons. The number of hydrogen-bond donors (Lipinski definition) is 0. The van der Waals surface area contributed by atoms with Gasteiger partial charge in [0.25, 0.3) is 0 Å². The summed E-state index contributed by atoms with van der Waals surface area (Å²) in [6.07, 6.45) is 2.14. The number of hydrogen-bond acceptors (Lipinski definition) is 2. The van der Waals surface area contributed by atoms with Crippen molar-refractivity contribution < 1.29 is 4.79 Å². The molecule has 1 unspecified atom stereocenters. The van der Waals surface area contributed by atoms with Gasteiger partial charge in [-0.3, -0.25) is 9.69 Å². The quantitative estimate of drug-likeness (QED) is 0.626. The maximum Gasteiger partial charge on any atom is 0.179 e. The number of nitrogens with zero attached hydrogens (tertiary/aromatic N) is 1. The maximum absolute atomic E-state index is 12.7. The van der Waals surface area contributed by atoms with Crippen molar-refractivity contribution in [3.05, 3.63) is 34.9 Å². The second-order valence-electron chi connectivity index (χ2n) is 6.11. The van der Waals surface area contributed by atoms with Crippen molar-refractivity contribution in [3.63, 3.8) is 0 Å². The highest BCUT2D eigenvalue weighted by atomic mass is 35.5. The SMILES string of the molecule is CCC(CC)N(CC(C)C)C(C)C(=O)c1ccc(Cl)cc1. The number of halogens is 1. The second-order valence-corrected chi connectivity index (χ2v) is 6.54. The minimum Gasteiger partial charge on any atom is -0.292 e. The lowest BCUT2D eigenvalue weighted by Crippen LogP contribution is -2.47. The molecule has 1 aromatic carbocycles. The Morgan fingerprint density at radius 1 is 1.10 bits per heavy atom. The molecule has 0 aromatic heterocycles. The van der Waals surface area contributed by atoms with Crippen LogP contribution in [0.15, 0.2) is 24.3 Å². The van der Waals surface area contributed by atoms with Crippen LogP contribution in [0.4, 0.5) is 0 Å². The molecule has 0 bridgehead atoms. The summed E-state index contributed by atoms with van der Waals surface area (Å²) < 4.78 is 0. The zero-order chi connectivity index (χ0) is 16.0. The molecule has 1 atom stereocenters. The molecule has 0 saturated heterocycles. The van der Waals surface area contributed by atoms with Crippen LogP contribution in [0.5, 0.6) is 0 Å². The molecule has 2 nitrogen and oxygen atoms in total.